The third kappa shape index (κ3) is 64.0. The number of benzene rings is 1. The molecule has 0 bridgehead atoms. The van der Waals surface area contributed by atoms with Crippen molar-refractivity contribution in [2.45, 2.75) is 0 Å². The molecule has 0 unspecified atom stereocenters. The van der Waals surface area contributed by atoms with Gasteiger partial charge in [0.25, 0.3) is 5.91 Å². The summed E-state index contributed by atoms with van der Waals surface area (Å²) in [6.07, 6.45) is 0. The molecule has 0 saturated heterocycles. The first-order chi connectivity index (χ1) is 10.8. The van der Waals surface area contributed by atoms with E-state index >= 15 is 0 Å². The van der Waals surface area contributed by atoms with Crippen molar-refractivity contribution in [3.63, 3.8) is 0 Å². The summed E-state index contributed by atoms with van der Waals surface area (Å²) in [5.74, 6) is 4.64. The van der Waals surface area contributed by atoms with Gasteiger partial charge in [-0.25, -0.2) is 5.84 Å². The Balaban J connectivity index is -0.0000000109. The van der Waals surface area contributed by atoms with Gasteiger partial charge < -0.3 is 75.3 Å². The van der Waals surface area contributed by atoms with Gasteiger partial charge in [-0.1, -0.05) is 18.2 Å². The number of hydrogen-bond acceptors (Lipinski definition) is 8. The van der Waals surface area contributed by atoms with Crippen molar-refractivity contribution in [2.75, 3.05) is 0 Å². The molecule has 13 heteroatoms. The molecule has 0 radical (unpaired) electrons. The number of hydrogen-bond donors (Lipinski definition) is 2. The van der Waals surface area contributed by atoms with Crippen molar-refractivity contribution in [2.24, 2.45) is 5.84 Å². The maximum absolute atomic E-state index is 10.8. The Kier molecular flexibility index (Phi) is 233. The smallest absolute Gasteiger partial charge is 1.00 e. The predicted molar refractivity (Wildman–Crippen MR) is 71.2 cm³/mol. The molecular formula is C13H11FeK3N8O. The molecule has 0 aliphatic rings. The molecule has 1 aromatic carbocycles. The zero-order chi connectivity index (χ0) is 19.4. The fourth-order valence-electron chi connectivity index (χ4n) is 0.673. The van der Waals surface area contributed by atoms with E-state index in [0.29, 0.717) is 5.56 Å². The standard InChI is InChI=1S/C7H8N2O.6CN.Fe.3K.3H/c8-9-7(10)6-4-2-1-3-5-6;6*1-2;;;;;;;/h1-5H,8H2,(H,9,10);;;;;;;;;;;;;/q;6*-1;+6;3*+1;3*-1. The van der Waals surface area contributed by atoms with Gasteiger partial charge in [-0.15, -0.1) is 0 Å². The number of hydrazine groups is 1. The van der Waals surface area contributed by atoms with E-state index in [0.717, 1.165) is 0 Å². The summed E-state index contributed by atoms with van der Waals surface area (Å²) < 4.78 is 0. The Morgan fingerprint density at radius 1 is 0.731 bits per heavy atom. The number of amides is 1. The predicted octanol–water partition coefficient (Wildman–Crippen LogP) is -7.78. The number of nitrogen functional groups attached to an aromatic ring is 1. The summed E-state index contributed by atoms with van der Waals surface area (Å²) in [7, 11) is 0. The molecule has 0 aliphatic heterocycles. The van der Waals surface area contributed by atoms with Crippen LogP contribution in [-0.2, 0) is 17.1 Å². The molecule has 26 heavy (non-hydrogen) atoms. The molecule has 0 saturated carbocycles. The molecule has 3 N–H and O–H groups in total. The minimum atomic E-state index is -0.263. The number of nitrogens with two attached hydrogens (primary N) is 1. The first-order valence-corrected chi connectivity index (χ1v) is 4.25. The zero-order valence-electron chi connectivity index (χ0n) is 17.4. The van der Waals surface area contributed by atoms with Gasteiger partial charge in [0.15, 0.2) is 0 Å². The first kappa shape index (κ1) is 63.2. The topological polar surface area (TPSA) is 198 Å². The van der Waals surface area contributed by atoms with Crippen LogP contribution in [0.15, 0.2) is 30.3 Å². The van der Waals surface area contributed by atoms with Crippen molar-refractivity contribution >= 4 is 5.91 Å². The first-order valence-electron chi connectivity index (χ1n) is 4.25. The van der Waals surface area contributed by atoms with Crippen LogP contribution in [0.2, 0.25) is 0 Å². The summed E-state index contributed by atoms with van der Waals surface area (Å²) in [5.41, 5.74) is 2.62. The van der Waals surface area contributed by atoms with Crippen LogP contribution in [0.4, 0.5) is 0 Å². The van der Waals surface area contributed by atoms with E-state index in [1.54, 1.807) is 24.3 Å². The Morgan fingerprint density at radius 3 is 1.15 bits per heavy atom. The van der Waals surface area contributed by atoms with E-state index in [4.69, 9.17) is 76.8 Å². The summed E-state index contributed by atoms with van der Waals surface area (Å²) in [6, 6.07) is 8.80. The second-order valence-corrected chi connectivity index (χ2v) is 1.84. The molecule has 0 spiro atoms. The summed E-state index contributed by atoms with van der Waals surface area (Å²) in [5, 5.41) is 37.5. The van der Waals surface area contributed by atoms with Crippen molar-refractivity contribution < 1.29 is 180 Å². The molecule has 0 atom stereocenters. The van der Waals surface area contributed by atoms with Crippen LogP contribution >= 0.6 is 0 Å². The van der Waals surface area contributed by atoms with Crippen molar-refractivity contribution in [3.05, 3.63) is 75.3 Å². The number of carbonyl (C=O) groups is 1. The number of carbonyl (C=O) groups excluding carboxylic acids is 1. The quantitative estimate of drug-likeness (QED) is 0.133. The van der Waals surface area contributed by atoms with E-state index in [2.05, 4.69) is 0 Å². The van der Waals surface area contributed by atoms with Crippen molar-refractivity contribution in [1.82, 2.24) is 5.43 Å². The van der Waals surface area contributed by atoms with Crippen LogP contribution in [0.25, 0.3) is 0 Å². The minimum Gasteiger partial charge on any atom is -1.00 e. The van der Waals surface area contributed by atoms with Crippen LogP contribution in [0.5, 0.6) is 0 Å². The fraction of sp³-hybridized carbons (Fsp3) is 0. The van der Waals surface area contributed by atoms with Gasteiger partial charge in [0.05, 0.1) is 0 Å². The molecule has 0 heterocycles. The molecule has 1 rings (SSSR count). The SMILES string of the molecule is NNC(=O)c1ccccc1.[C-]#N.[C-]#N.[C-]#N.[C-]#N.[C-]#N.[C-]#N.[Fe+6].[H-].[H-].[H-].[K+].[K+].[K+]. The minimum absolute atomic E-state index is 0. The number of nitrogens with zero attached hydrogens (tertiary/aromatic N) is 6. The Labute approximate surface area is 297 Å². The van der Waals surface area contributed by atoms with Crippen molar-refractivity contribution in [3.8, 4) is 0 Å². The van der Waals surface area contributed by atoms with Gasteiger partial charge in [-0.05, 0) is 12.1 Å². The molecular weight excluding hydrogens is 457 g/mol. The molecule has 1 aromatic rings. The van der Waals surface area contributed by atoms with Crippen LogP contribution < -0.4 is 165 Å². The maximum atomic E-state index is 10.8. The van der Waals surface area contributed by atoms with Gasteiger partial charge in [-0.2, -0.15) is 0 Å². The van der Waals surface area contributed by atoms with E-state index in [1.807, 2.05) is 11.5 Å². The zero-order valence-corrected chi connectivity index (χ0v) is 24.9. The normalized spacial score (nSPS) is 3.88. The Bertz CT molecular complexity index is 429. The van der Waals surface area contributed by atoms with Crippen LogP contribution in [-0.4, -0.2) is 5.91 Å². The average molecular weight is 468 g/mol. The van der Waals surface area contributed by atoms with E-state index in [9.17, 15) is 4.79 Å². The molecule has 120 valence electrons. The maximum Gasteiger partial charge on any atom is 6.00 e. The fourth-order valence-corrected chi connectivity index (χ4v) is 0.673. The van der Waals surface area contributed by atoms with E-state index in [1.165, 1.54) is 0 Å². The Hall–Kier alpha value is 1.02. The van der Waals surface area contributed by atoms with Gasteiger partial charge >= 0.3 is 171 Å². The summed E-state index contributed by atoms with van der Waals surface area (Å²) in [6.45, 7) is 28.5. The van der Waals surface area contributed by atoms with Crippen LogP contribution in [0.1, 0.15) is 14.6 Å². The van der Waals surface area contributed by atoms with Gasteiger partial charge in [-0.3, -0.25) is 10.2 Å². The third-order valence-electron chi connectivity index (χ3n) is 1.17. The summed E-state index contributed by atoms with van der Waals surface area (Å²) in [4.78, 5) is 10.8. The number of nitrogens with one attached hydrogen (secondary N) is 1. The second-order valence-electron chi connectivity index (χ2n) is 1.84. The van der Waals surface area contributed by atoms with Crippen LogP contribution in [0.3, 0.4) is 0 Å². The third-order valence-corrected chi connectivity index (χ3v) is 1.17. The van der Waals surface area contributed by atoms with E-state index < -0.39 is 0 Å². The van der Waals surface area contributed by atoms with Gasteiger partial charge in [0.1, 0.15) is 0 Å². The molecule has 0 aliphatic carbocycles. The monoisotopic (exact) mass is 468 g/mol. The number of rotatable bonds is 1. The van der Waals surface area contributed by atoms with E-state index in [-0.39, 0.29) is 181 Å². The Morgan fingerprint density at radius 2 is 0.962 bits per heavy atom. The average Bonchev–Trinajstić information content (AvgIpc) is 2.71. The molecule has 0 fully saturated rings. The van der Waals surface area contributed by atoms with Crippen molar-refractivity contribution in [1.29, 1.82) is 31.6 Å². The van der Waals surface area contributed by atoms with Crippen LogP contribution in [0, 0.1) is 71.0 Å². The molecule has 9 nitrogen and oxygen atoms in total. The summed E-state index contributed by atoms with van der Waals surface area (Å²) >= 11 is 0. The largest absolute Gasteiger partial charge is 6.00 e. The van der Waals surface area contributed by atoms with Gasteiger partial charge in [0, 0.05) is 5.56 Å². The van der Waals surface area contributed by atoms with Gasteiger partial charge in [0.2, 0.25) is 0 Å². The molecule has 1 amide bonds. The second kappa shape index (κ2) is 96.1. The molecule has 0 aromatic heterocycles.